The highest BCUT2D eigenvalue weighted by Gasteiger charge is 2.40. The SMILES string of the molecule is CC(C)(C)OC(=O)N1CC(=O)CC1C(=O)NCc1cc(-c2ccc(C(F)(F)F)nc2)ncn1. The van der Waals surface area contributed by atoms with Crippen molar-refractivity contribution in [3.63, 3.8) is 0 Å². The number of carbonyl (C=O) groups excluding carboxylic acids is 3. The molecule has 1 saturated heterocycles. The smallest absolute Gasteiger partial charge is 0.433 e. The van der Waals surface area contributed by atoms with Crippen LogP contribution in [0.15, 0.2) is 30.7 Å². The molecule has 0 saturated carbocycles. The molecule has 1 atom stereocenters. The molecule has 9 nitrogen and oxygen atoms in total. The van der Waals surface area contributed by atoms with Gasteiger partial charge in [0, 0.05) is 18.2 Å². The number of ketones is 1. The van der Waals surface area contributed by atoms with Crippen LogP contribution in [0.4, 0.5) is 18.0 Å². The molecule has 1 fully saturated rings. The van der Waals surface area contributed by atoms with Gasteiger partial charge in [-0.05, 0) is 39.0 Å². The Morgan fingerprint density at radius 2 is 1.91 bits per heavy atom. The number of likely N-dealkylation sites (tertiary alicyclic amines) is 1. The summed E-state index contributed by atoms with van der Waals surface area (Å²) in [5.74, 6) is -0.816. The van der Waals surface area contributed by atoms with Crippen LogP contribution in [0.5, 0.6) is 0 Å². The summed E-state index contributed by atoms with van der Waals surface area (Å²) in [6, 6.07) is 2.58. The first-order valence-electron chi connectivity index (χ1n) is 9.97. The Morgan fingerprint density at radius 1 is 1.18 bits per heavy atom. The van der Waals surface area contributed by atoms with Gasteiger partial charge in [0.2, 0.25) is 5.91 Å². The van der Waals surface area contributed by atoms with Crippen molar-refractivity contribution >= 4 is 17.8 Å². The maximum atomic E-state index is 12.7. The number of carbonyl (C=O) groups is 3. The second kappa shape index (κ2) is 9.12. The van der Waals surface area contributed by atoms with E-state index in [0.717, 1.165) is 17.2 Å². The van der Waals surface area contributed by atoms with E-state index in [1.807, 2.05) is 0 Å². The average molecular weight is 465 g/mol. The van der Waals surface area contributed by atoms with Crippen LogP contribution in [-0.4, -0.2) is 55.8 Å². The first-order chi connectivity index (χ1) is 15.3. The third-order valence-electron chi connectivity index (χ3n) is 4.59. The van der Waals surface area contributed by atoms with Crippen molar-refractivity contribution in [3.05, 3.63) is 42.1 Å². The second-order valence-corrected chi connectivity index (χ2v) is 8.41. The summed E-state index contributed by atoms with van der Waals surface area (Å²) in [6.07, 6.45) is -3.17. The highest BCUT2D eigenvalue weighted by atomic mass is 19.4. The second-order valence-electron chi connectivity index (χ2n) is 8.41. The Labute approximate surface area is 187 Å². The Morgan fingerprint density at radius 3 is 2.52 bits per heavy atom. The number of halogens is 3. The molecule has 33 heavy (non-hydrogen) atoms. The molecule has 0 spiro atoms. The number of hydrogen-bond acceptors (Lipinski definition) is 7. The summed E-state index contributed by atoms with van der Waals surface area (Å²) >= 11 is 0. The number of nitrogens with one attached hydrogen (secondary N) is 1. The van der Waals surface area contributed by atoms with E-state index in [1.165, 1.54) is 18.5 Å². The maximum Gasteiger partial charge on any atom is 0.433 e. The van der Waals surface area contributed by atoms with E-state index in [2.05, 4.69) is 20.3 Å². The van der Waals surface area contributed by atoms with Crippen LogP contribution in [0.2, 0.25) is 0 Å². The molecule has 0 aliphatic carbocycles. The van der Waals surface area contributed by atoms with E-state index in [-0.39, 0.29) is 25.3 Å². The van der Waals surface area contributed by atoms with Crippen LogP contribution in [0.1, 0.15) is 38.6 Å². The lowest BCUT2D eigenvalue weighted by molar-refractivity contribution is -0.141. The van der Waals surface area contributed by atoms with Gasteiger partial charge in [0.1, 0.15) is 23.7 Å². The molecular weight excluding hydrogens is 443 g/mol. The van der Waals surface area contributed by atoms with Crippen molar-refractivity contribution in [1.82, 2.24) is 25.2 Å². The third kappa shape index (κ3) is 6.24. The highest BCUT2D eigenvalue weighted by molar-refractivity contribution is 5.97. The van der Waals surface area contributed by atoms with Crippen molar-refractivity contribution in [1.29, 1.82) is 0 Å². The molecule has 1 N–H and O–H groups in total. The average Bonchev–Trinajstić information content (AvgIpc) is 3.12. The van der Waals surface area contributed by atoms with Gasteiger partial charge in [0.05, 0.1) is 24.5 Å². The molecule has 2 aromatic heterocycles. The zero-order valence-electron chi connectivity index (χ0n) is 18.1. The van der Waals surface area contributed by atoms with E-state index in [4.69, 9.17) is 4.74 Å². The summed E-state index contributed by atoms with van der Waals surface area (Å²) in [5.41, 5.74) is -0.763. The summed E-state index contributed by atoms with van der Waals surface area (Å²) in [5, 5.41) is 2.62. The molecule has 1 aliphatic heterocycles. The van der Waals surface area contributed by atoms with Crippen LogP contribution in [0.3, 0.4) is 0 Å². The zero-order valence-corrected chi connectivity index (χ0v) is 18.1. The van der Waals surface area contributed by atoms with Crippen molar-refractivity contribution in [2.24, 2.45) is 0 Å². The van der Waals surface area contributed by atoms with Crippen LogP contribution in [-0.2, 0) is 27.0 Å². The van der Waals surface area contributed by atoms with Gasteiger partial charge in [0.15, 0.2) is 5.78 Å². The summed E-state index contributed by atoms with van der Waals surface area (Å²) < 4.78 is 43.3. The van der Waals surface area contributed by atoms with Gasteiger partial charge in [-0.1, -0.05) is 0 Å². The van der Waals surface area contributed by atoms with Crippen LogP contribution >= 0.6 is 0 Å². The minimum absolute atomic E-state index is 0.0464. The lowest BCUT2D eigenvalue weighted by atomic mass is 10.1. The Bertz CT molecular complexity index is 1050. The van der Waals surface area contributed by atoms with E-state index in [1.54, 1.807) is 20.8 Å². The molecule has 1 unspecified atom stereocenters. The number of pyridine rings is 1. The van der Waals surface area contributed by atoms with Crippen LogP contribution in [0, 0.1) is 0 Å². The quantitative estimate of drug-likeness (QED) is 0.738. The number of alkyl halides is 3. The number of rotatable bonds is 4. The number of hydrogen-bond donors (Lipinski definition) is 1. The lowest BCUT2D eigenvalue weighted by Gasteiger charge is -2.27. The number of ether oxygens (including phenoxy) is 1. The van der Waals surface area contributed by atoms with E-state index in [9.17, 15) is 27.6 Å². The van der Waals surface area contributed by atoms with E-state index >= 15 is 0 Å². The summed E-state index contributed by atoms with van der Waals surface area (Å²) in [7, 11) is 0. The Hall–Kier alpha value is -3.57. The largest absolute Gasteiger partial charge is 0.444 e. The van der Waals surface area contributed by atoms with E-state index in [0.29, 0.717) is 17.0 Å². The minimum atomic E-state index is -4.55. The van der Waals surface area contributed by atoms with Gasteiger partial charge in [-0.3, -0.25) is 19.5 Å². The molecular formula is C21H22F3N5O4. The molecule has 2 aromatic rings. The van der Waals surface area contributed by atoms with Gasteiger partial charge in [0.25, 0.3) is 0 Å². The van der Waals surface area contributed by atoms with Crippen LogP contribution < -0.4 is 5.32 Å². The number of nitrogens with zero attached hydrogens (tertiary/aromatic N) is 4. The summed E-state index contributed by atoms with van der Waals surface area (Å²) in [4.78, 5) is 49.4. The molecule has 176 valence electrons. The van der Waals surface area contributed by atoms with Crippen molar-refractivity contribution in [2.75, 3.05) is 6.54 Å². The molecule has 2 amide bonds. The first-order valence-corrected chi connectivity index (χ1v) is 9.97. The fourth-order valence-electron chi connectivity index (χ4n) is 3.10. The van der Waals surface area contributed by atoms with Gasteiger partial charge >= 0.3 is 12.3 Å². The van der Waals surface area contributed by atoms with Gasteiger partial charge in [-0.25, -0.2) is 14.8 Å². The molecule has 3 rings (SSSR count). The van der Waals surface area contributed by atoms with Crippen molar-refractivity contribution < 1.29 is 32.3 Å². The highest BCUT2D eigenvalue weighted by Crippen LogP contribution is 2.28. The standard InChI is InChI=1S/C21H22F3N5O4/c1-20(2,3)33-19(32)29-10-14(30)7-16(29)18(31)26-9-13-6-15(28-11-27-13)12-4-5-17(25-8-12)21(22,23)24/h4-6,8,11,16H,7,9-10H2,1-3H3,(H,26,31). The predicted octanol–water partition coefficient (Wildman–Crippen LogP) is 2.75. The number of aromatic nitrogens is 3. The monoisotopic (exact) mass is 465 g/mol. The van der Waals surface area contributed by atoms with Gasteiger partial charge in [-0.15, -0.1) is 0 Å². The van der Waals surface area contributed by atoms with Gasteiger partial charge < -0.3 is 10.1 Å². The van der Waals surface area contributed by atoms with Crippen molar-refractivity contribution in [2.45, 2.75) is 51.6 Å². The lowest BCUT2D eigenvalue weighted by Crippen LogP contribution is -2.47. The fraction of sp³-hybridized carbons (Fsp3) is 0.429. The molecule has 0 radical (unpaired) electrons. The summed E-state index contributed by atoms with van der Waals surface area (Å²) in [6.45, 7) is 4.77. The first kappa shape index (κ1) is 24.1. The van der Waals surface area contributed by atoms with Crippen LogP contribution in [0.25, 0.3) is 11.3 Å². The number of amides is 2. The Kier molecular flexibility index (Phi) is 6.65. The number of Topliss-reactive ketones (excluding diaryl/α,β-unsaturated/α-hetero) is 1. The fourth-order valence-corrected chi connectivity index (χ4v) is 3.10. The minimum Gasteiger partial charge on any atom is -0.444 e. The van der Waals surface area contributed by atoms with Gasteiger partial charge in [-0.2, -0.15) is 13.2 Å². The molecule has 0 bridgehead atoms. The predicted molar refractivity (Wildman–Crippen MR) is 108 cm³/mol. The zero-order chi connectivity index (χ0) is 24.4. The third-order valence-corrected chi connectivity index (χ3v) is 4.59. The Balaban J connectivity index is 1.66. The van der Waals surface area contributed by atoms with E-state index < -0.39 is 35.5 Å². The normalized spacial score (nSPS) is 16.6. The maximum absolute atomic E-state index is 12.7. The van der Waals surface area contributed by atoms with Crippen molar-refractivity contribution in [3.8, 4) is 11.3 Å². The molecule has 12 heteroatoms. The topological polar surface area (TPSA) is 114 Å². The molecule has 3 heterocycles. The molecule has 1 aliphatic rings. The molecule has 0 aromatic carbocycles.